The van der Waals surface area contributed by atoms with Crippen molar-refractivity contribution in [2.24, 2.45) is 0 Å². The number of aromatic nitrogens is 10. The van der Waals surface area contributed by atoms with Gasteiger partial charge in [-0.25, -0.2) is 23.7 Å². The van der Waals surface area contributed by atoms with Crippen LogP contribution in [-0.2, 0) is 19.2 Å². The number of benzene rings is 8. The summed E-state index contributed by atoms with van der Waals surface area (Å²) >= 11 is 43.6. The minimum absolute atomic E-state index is 0.0101. The number of halogens is 8. The molecule has 714 valence electrons. The summed E-state index contributed by atoms with van der Waals surface area (Å²) in [5.41, 5.74) is 14.6. The van der Waals surface area contributed by atoms with E-state index in [2.05, 4.69) is 138 Å². The first-order chi connectivity index (χ1) is 65.3. The van der Waals surface area contributed by atoms with Crippen molar-refractivity contribution in [3.63, 3.8) is 0 Å². The second-order valence-electron chi connectivity index (χ2n) is 36.3. The number of piperazine rings is 4. The Morgan fingerprint density at radius 3 is 1.05 bits per heavy atom. The molecule has 8 aliphatic rings. The Kier molecular flexibility index (Phi) is 31.0. The number of hydrogen-bond donors (Lipinski definition) is 7. The van der Waals surface area contributed by atoms with Crippen LogP contribution < -0.4 is 40.9 Å². The number of hydrogen-bond acceptors (Lipinski definition) is 21. The van der Waals surface area contributed by atoms with E-state index in [-0.39, 0.29) is 122 Å². The summed E-state index contributed by atoms with van der Waals surface area (Å²) in [4.78, 5) is 77.4. The number of imidazole rings is 2. The van der Waals surface area contributed by atoms with Gasteiger partial charge in [0.15, 0.2) is 0 Å². The van der Waals surface area contributed by atoms with Gasteiger partial charge in [0.2, 0.25) is 23.6 Å². The highest BCUT2D eigenvalue weighted by molar-refractivity contribution is 6.36. The Balaban J connectivity index is 0.000000125. The van der Waals surface area contributed by atoms with Crippen LogP contribution in [0.3, 0.4) is 0 Å². The second kappa shape index (κ2) is 43.1. The number of nitrogens with one attached hydrogen (secondary N) is 4. The van der Waals surface area contributed by atoms with Gasteiger partial charge in [0.05, 0.1) is 132 Å². The van der Waals surface area contributed by atoms with E-state index in [0.717, 1.165) is 175 Å². The summed E-state index contributed by atoms with van der Waals surface area (Å²) in [5, 5.41) is 64.6. The summed E-state index contributed by atoms with van der Waals surface area (Å²) in [7, 11) is 0. The lowest BCUT2D eigenvalue weighted by molar-refractivity contribution is -0.138. The Bertz CT molecular complexity index is 6060. The molecule has 4 aromatic heterocycles. The van der Waals surface area contributed by atoms with Crippen LogP contribution in [-0.4, -0.2) is 281 Å². The molecule has 0 aliphatic carbocycles. The summed E-state index contributed by atoms with van der Waals surface area (Å²) in [6.45, 7) is 21.4. The Morgan fingerprint density at radius 2 is 0.696 bits per heavy atom. The van der Waals surface area contributed by atoms with Crippen LogP contribution in [0.2, 0.25) is 35.2 Å². The zero-order valence-electron chi connectivity index (χ0n) is 76.1. The lowest BCUT2D eigenvalue weighted by Crippen LogP contribution is -2.61. The quantitative estimate of drug-likeness (QED) is 0.0396. The normalized spacial score (nSPS) is 22.0. The van der Waals surface area contributed by atoms with E-state index in [1.807, 2.05) is 124 Å². The number of aliphatic hydroxyl groups is 3. The summed E-state index contributed by atoms with van der Waals surface area (Å²) < 4.78 is 22.4. The number of fused-ring (bicyclic) bond motifs is 4. The van der Waals surface area contributed by atoms with Crippen molar-refractivity contribution in [3.05, 3.63) is 221 Å². The summed E-state index contributed by atoms with van der Waals surface area (Å²) in [6.07, 6.45) is 11.4. The van der Waals surface area contributed by atoms with Gasteiger partial charge in [0, 0.05) is 148 Å². The number of rotatable bonds is 19. The smallest absolute Gasteiger partial charge is 0.240 e. The molecule has 8 aliphatic heterocycles. The Hall–Kier alpha value is -9.74. The molecule has 8 unspecified atom stereocenters. The molecule has 7 N–H and O–H groups in total. The SMILES string of the molecule is CC(c1ccc(Cl)cc1Cl)n1cnc2ccc(N3CCN(C(=O)C4CCCN4)[C@H](CO)C3)cc21.CC(c1ccc(Cl)cc1Cl)n1cnc2ccc(N3CCN(C(=O)C4CCN4)[C@H](C)C3)cc21.CC(c1ccc(Cl)cc1Cl)n1nnc2ccc(N3CCN(C(=O)C4CCCN4)[C@H](CO)C3)cc21.CC(c1ccc(Cl)cc1F)n1nnc2ccc(N3CCN(C(=O)C4CCCCN4)[C@H](CO)C3)cc21. The fourth-order valence-corrected chi connectivity index (χ4v) is 21.9. The number of carbonyl (C=O) groups is 4. The zero-order chi connectivity index (χ0) is 94.6. The molecule has 0 spiro atoms. The van der Waals surface area contributed by atoms with Gasteiger partial charge in [-0.15, -0.1) is 10.2 Å². The fraction of sp³-hybridized carbons (Fsp3) is 0.449. The van der Waals surface area contributed by atoms with Crippen molar-refractivity contribution in [2.75, 3.05) is 144 Å². The van der Waals surface area contributed by atoms with Gasteiger partial charge < -0.3 is 84.9 Å². The van der Waals surface area contributed by atoms with Crippen molar-refractivity contribution in [1.29, 1.82) is 0 Å². The van der Waals surface area contributed by atoms with Crippen LogP contribution in [0.25, 0.3) is 44.1 Å². The Labute approximate surface area is 819 Å². The molecule has 0 bridgehead atoms. The standard InChI is InChI=1S/C25H29Cl2N5O2.C25H30ClFN6O2.C24H28Cl2N6O2.C24H27Cl2N5O/c1-16(20-6-4-17(26)11-21(20)27)32-15-29-22-7-5-18(12-24(22)32)30-9-10-31(19(13-30)14-33)25(34)23-3-2-8-28-23;1-16(20-7-5-17(26)12-21(20)27)33-24-13-18(6-8-22(24)29-30-33)31-10-11-32(19(14-31)15-34)25(35)23-4-2-3-9-28-23;1-15(19-6-4-16(25)11-20(19)26)32-23-12-17(5-7-21(23)28-29-32)30-9-10-31(18(13-30)14-33)24(34)22-3-2-8-27-22;1-15-13-29(9-10-30(15)24(32)22-7-8-27-22)18-4-6-21-23(12-18)31(14-28-21)16(2)19-5-3-17(25)11-20(19)26/h4-7,11-12,15-16,19,23,28,33H,2-3,8-10,13-14H2,1H3;5-8,12-13,16,19,23,28,34H,2-4,9-11,14-15H2,1H3;4-7,11-12,15,18,22,27,33H,2-3,8-10,13-14H2,1H3;3-6,11-12,14-16,22,27H,7-10,13H2,1-2H3/t2*16?,19-,23?;15?,18-,22?;15-,16?,22?/m0001/s1. The van der Waals surface area contributed by atoms with E-state index in [4.69, 9.17) is 81.2 Å². The number of amides is 4. The largest absolute Gasteiger partial charge is 0.394 e. The van der Waals surface area contributed by atoms with Gasteiger partial charge in [-0.1, -0.05) is 122 Å². The molecule has 20 rings (SSSR count). The van der Waals surface area contributed by atoms with Gasteiger partial charge in [-0.3, -0.25) is 19.2 Å². The topological polar surface area (TPSA) is 300 Å². The predicted octanol–water partition coefficient (Wildman–Crippen LogP) is 14.2. The minimum Gasteiger partial charge on any atom is -0.394 e. The Morgan fingerprint density at radius 1 is 0.370 bits per heavy atom. The fourth-order valence-electron chi connectivity index (χ4n) is 20.1. The molecule has 0 saturated carbocycles. The first-order valence-corrected chi connectivity index (χ1v) is 49.4. The van der Waals surface area contributed by atoms with Gasteiger partial charge >= 0.3 is 0 Å². The zero-order valence-corrected chi connectivity index (χ0v) is 81.4. The lowest BCUT2D eigenvalue weighted by atomic mass is 10.0. The van der Waals surface area contributed by atoms with Crippen LogP contribution >= 0.6 is 81.2 Å². The van der Waals surface area contributed by atoms with E-state index >= 15 is 0 Å². The molecule has 8 aromatic carbocycles. The van der Waals surface area contributed by atoms with Crippen molar-refractivity contribution in [2.45, 2.75) is 158 Å². The highest BCUT2D eigenvalue weighted by Gasteiger charge is 2.41. The van der Waals surface area contributed by atoms with Gasteiger partial charge in [-0.05, 0) is 244 Å². The van der Waals surface area contributed by atoms with Crippen LogP contribution in [0.1, 0.15) is 132 Å². The maximum atomic E-state index is 14.6. The van der Waals surface area contributed by atoms with E-state index in [9.17, 15) is 38.9 Å². The molecule has 8 fully saturated rings. The minimum atomic E-state index is -0.385. The maximum Gasteiger partial charge on any atom is 0.240 e. The highest BCUT2D eigenvalue weighted by atomic mass is 35.5. The van der Waals surface area contributed by atoms with Gasteiger partial charge in [-0.2, -0.15) is 0 Å². The molecule has 8 saturated heterocycles. The summed E-state index contributed by atoms with van der Waals surface area (Å²) in [5.74, 6) is 0.148. The monoisotopic (exact) mass is 1970 g/mol. The average molecular weight is 1980 g/mol. The van der Waals surface area contributed by atoms with Crippen molar-refractivity contribution in [3.8, 4) is 0 Å². The number of aliphatic hydroxyl groups excluding tert-OH is 3. The van der Waals surface area contributed by atoms with Crippen molar-refractivity contribution >= 4 is 172 Å². The predicted molar refractivity (Wildman–Crippen MR) is 532 cm³/mol. The second-order valence-corrected chi connectivity index (χ2v) is 39.3. The summed E-state index contributed by atoms with van der Waals surface area (Å²) in [6, 6.07) is 44.3. The number of nitrogens with zero attached hydrogens (tertiary/aromatic N) is 18. The van der Waals surface area contributed by atoms with E-state index in [0.29, 0.717) is 105 Å². The van der Waals surface area contributed by atoms with Crippen LogP contribution in [0.15, 0.2) is 158 Å². The molecule has 12 heterocycles. The van der Waals surface area contributed by atoms with Gasteiger partial charge in [0.1, 0.15) is 16.9 Å². The van der Waals surface area contributed by atoms with Crippen LogP contribution in [0, 0.1) is 5.82 Å². The molecule has 4 amide bonds. The van der Waals surface area contributed by atoms with Crippen LogP contribution in [0.5, 0.6) is 0 Å². The lowest BCUT2D eigenvalue weighted by Gasteiger charge is -2.43. The molecule has 12 aromatic rings. The van der Waals surface area contributed by atoms with E-state index < -0.39 is 0 Å². The highest BCUT2D eigenvalue weighted by Crippen LogP contribution is 2.39. The van der Waals surface area contributed by atoms with Crippen molar-refractivity contribution < 1.29 is 38.9 Å². The third kappa shape index (κ3) is 21.2. The number of anilines is 4. The van der Waals surface area contributed by atoms with Gasteiger partial charge in [0.25, 0.3) is 0 Å². The molecule has 135 heavy (non-hydrogen) atoms. The van der Waals surface area contributed by atoms with Crippen LogP contribution in [0.4, 0.5) is 27.1 Å². The molecule has 12 atom stereocenters. The molecule has 37 heteroatoms. The van der Waals surface area contributed by atoms with E-state index in [1.54, 1.807) is 35.0 Å². The van der Waals surface area contributed by atoms with E-state index in [1.165, 1.54) is 6.07 Å². The third-order valence-electron chi connectivity index (χ3n) is 28.0. The third-order valence-corrected chi connectivity index (χ3v) is 29.9. The molecular formula is C98H114Cl7FN22O7. The number of piperidine rings is 1. The molecule has 0 radical (unpaired) electrons. The molecular weight excluding hydrogens is 1860 g/mol. The first kappa shape index (κ1) is 96.9. The molecule has 29 nitrogen and oxygen atoms in total. The maximum absolute atomic E-state index is 14.6. The average Bonchev–Trinajstić information content (AvgIpc) is 1.71. The first-order valence-electron chi connectivity index (χ1n) is 46.7. The van der Waals surface area contributed by atoms with Crippen molar-refractivity contribution in [1.82, 2.24) is 90.0 Å². The number of carbonyl (C=O) groups excluding carboxylic acids is 4.